The van der Waals surface area contributed by atoms with Crippen LogP contribution < -0.4 is 0 Å². The molecule has 0 aliphatic carbocycles. The second kappa shape index (κ2) is 17.9. The minimum atomic E-state index is -0.957. The first kappa shape index (κ1) is 22.6. The number of Topliss-reactive ketones (excluding diaryl/α,β-unsaturated/α-hetero) is 1. The molecule has 0 aromatic carbocycles. The minimum absolute atomic E-state index is 0.449. The molecule has 23 heavy (non-hydrogen) atoms. The van der Waals surface area contributed by atoms with E-state index in [1.165, 1.54) is 83.5 Å². The fourth-order valence-corrected chi connectivity index (χ4v) is 2.98. The van der Waals surface area contributed by atoms with Crippen LogP contribution in [0.1, 0.15) is 110 Å². The van der Waals surface area contributed by atoms with E-state index < -0.39 is 18.5 Å². The largest absolute Gasteiger partial charge is 0.388 e. The number of ketones is 1. The average Bonchev–Trinajstić information content (AvgIpc) is 2.57. The molecule has 0 bridgehead atoms. The molecule has 1 unspecified atom stereocenters. The van der Waals surface area contributed by atoms with Gasteiger partial charge in [-0.2, -0.15) is 0 Å². The van der Waals surface area contributed by atoms with Crippen LogP contribution >= 0.6 is 0 Å². The number of unbranched alkanes of at least 4 members (excludes halogenated alkanes) is 14. The van der Waals surface area contributed by atoms with Crippen LogP contribution in [-0.4, -0.2) is 28.7 Å². The normalized spacial score (nSPS) is 12.5. The molecule has 1 atom stereocenters. The SMILES string of the molecule is CCCCCCCCCCCCCCCCCC(O)C(=O)CO. The van der Waals surface area contributed by atoms with Gasteiger partial charge in [-0.3, -0.25) is 4.79 Å². The Kier molecular flexibility index (Phi) is 17.6. The smallest absolute Gasteiger partial charge is 0.186 e. The lowest BCUT2D eigenvalue weighted by Gasteiger charge is -2.07. The summed E-state index contributed by atoms with van der Waals surface area (Å²) in [5, 5.41) is 18.0. The zero-order valence-electron chi connectivity index (χ0n) is 15.4. The highest BCUT2D eigenvalue weighted by atomic mass is 16.3. The number of carbonyl (C=O) groups is 1. The van der Waals surface area contributed by atoms with E-state index >= 15 is 0 Å². The van der Waals surface area contributed by atoms with Crippen molar-refractivity contribution in [2.45, 2.75) is 116 Å². The molecule has 138 valence electrons. The molecule has 0 heterocycles. The average molecular weight is 329 g/mol. The topological polar surface area (TPSA) is 57.5 Å². The summed E-state index contributed by atoms with van der Waals surface area (Å²) in [7, 11) is 0. The van der Waals surface area contributed by atoms with Crippen LogP contribution in [0.25, 0.3) is 0 Å². The Morgan fingerprint density at radius 2 is 1.04 bits per heavy atom. The molecule has 0 fully saturated rings. The molecule has 0 saturated carbocycles. The number of hydrogen-bond donors (Lipinski definition) is 2. The van der Waals surface area contributed by atoms with E-state index in [0.717, 1.165) is 12.8 Å². The summed E-state index contributed by atoms with van der Waals surface area (Å²) in [6, 6.07) is 0. The summed E-state index contributed by atoms with van der Waals surface area (Å²) in [5.74, 6) is -0.449. The van der Waals surface area contributed by atoms with E-state index in [0.29, 0.717) is 6.42 Å². The summed E-state index contributed by atoms with van der Waals surface area (Å²) < 4.78 is 0. The fraction of sp³-hybridized carbons (Fsp3) is 0.950. The van der Waals surface area contributed by atoms with Crippen LogP contribution in [0.3, 0.4) is 0 Å². The van der Waals surface area contributed by atoms with E-state index in [1.54, 1.807) is 0 Å². The Bertz CT molecular complexity index is 253. The zero-order valence-corrected chi connectivity index (χ0v) is 15.4. The monoisotopic (exact) mass is 328 g/mol. The van der Waals surface area contributed by atoms with Crippen molar-refractivity contribution in [1.29, 1.82) is 0 Å². The molecular weight excluding hydrogens is 288 g/mol. The number of hydrogen-bond acceptors (Lipinski definition) is 3. The first-order valence-corrected chi connectivity index (χ1v) is 10.0. The van der Waals surface area contributed by atoms with Gasteiger partial charge in [-0.25, -0.2) is 0 Å². The van der Waals surface area contributed by atoms with Gasteiger partial charge in [0.1, 0.15) is 12.7 Å². The van der Waals surface area contributed by atoms with E-state index in [1.807, 2.05) is 0 Å². The first-order chi connectivity index (χ1) is 11.2. The van der Waals surface area contributed by atoms with Gasteiger partial charge in [0, 0.05) is 0 Å². The van der Waals surface area contributed by atoms with Crippen molar-refractivity contribution in [3.8, 4) is 0 Å². The van der Waals surface area contributed by atoms with Crippen LogP contribution in [0, 0.1) is 0 Å². The molecule has 0 aliphatic heterocycles. The van der Waals surface area contributed by atoms with E-state index in [9.17, 15) is 9.90 Å². The summed E-state index contributed by atoms with van der Waals surface area (Å²) in [4.78, 5) is 11.0. The zero-order chi connectivity index (χ0) is 17.2. The molecule has 2 N–H and O–H groups in total. The molecule has 0 saturated heterocycles. The van der Waals surface area contributed by atoms with Gasteiger partial charge in [-0.1, -0.05) is 103 Å². The first-order valence-electron chi connectivity index (χ1n) is 10.0. The van der Waals surface area contributed by atoms with Gasteiger partial charge in [0.05, 0.1) is 0 Å². The molecule has 0 spiro atoms. The fourth-order valence-electron chi connectivity index (χ4n) is 2.98. The third-order valence-electron chi connectivity index (χ3n) is 4.61. The van der Waals surface area contributed by atoms with Gasteiger partial charge < -0.3 is 10.2 Å². The molecule has 3 nitrogen and oxygen atoms in total. The van der Waals surface area contributed by atoms with Gasteiger partial charge in [0.15, 0.2) is 5.78 Å². The molecule has 0 aliphatic rings. The summed E-state index contributed by atoms with van der Waals surface area (Å²) in [5.41, 5.74) is 0. The molecule has 3 heteroatoms. The van der Waals surface area contributed by atoms with Gasteiger partial charge in [0.25, 0.3) is 0 Å². The Morgan fingerprint density at radius 3 is 1.39 bits per heavy atom. The third-order valence-corrected chi connectivity index (χ3v) is 4.61. The molecule has 0 aromatic heterocycles. The van der Waals surface area contributed by atoms with Crippen molar-refractivity contribution >= 4 is 5.78 Å². The van der Waals surface area contributed by atoms with Crippen LogP contribution in [0.15, 0.2) is 0 Å². The Balaban J connectivity index is 3.09. The highest BCUT2D eigenvalue weighted by molar-refractivity contribution is 5.83. The van der Waals surface area contributed by atoms with E-state index in [2.05, 4.69) is 6.92 Å². The lowest BCUT2D eigenvalue weighted by molar-refractivity contribution is -0.130. The second-order valence-electron chi connectivity index (χ2n) is 6.88. The van der Waals surface area contributed by atoms with Crippen LogP contribution in [0.5, 0.6) is 0 Å². The standard InChI is InChI=1S/C20H40O3/c1-2-3-4-5-6-7-8-9-10-11-12-13-14-15-16-17-19(22)20(23)18-21/h19,21-22H,2-18H2,1H3. The van der Waals surface area contributed by atoms with Crippen molar-refractivity contribution in [3.05, 3.63) is 0 Å². The van der Waals surface area contributed by atoms with Gasteiger partial charge in [0.2, 0.25) is 0 Å². The van der Waals surface area contributed by atoms with Gasteiger partial charge in [-0.15, -0.1) is 0 Å². The van der Waals surface area contributed by atoms with Crippen molar-refractivity contribution in [2.24, 2.45) is 0 Å². The van der Waals surface area contributed by atoms with E-state index in [4.69, 9.17) is 5.11 Å². The molecule has 0 rings (SSSR count). The van der Waals surface area contributed by atoms with Gasteiger partial charge >= 0.3 is 0 Å². The Morgan fingerprint density at radius 1 is 0.696 bits per heavy atom. The maximum atomic E-state index is 11.0. The predicted molar refractivity (Wildman–Crippen MR) is 97.6 cm³/mol. The van der Waals surface area contributed by atoms with Crippen LogP contribution in [0.4, 0.5) is 0 Å². The number of carbonyl (C=O) groups excluding carboxylic acids is 1. The summed E-state index contributed by atoms with van der Waals surface area (Å²) in [6.45, 7) is 1.72. The van der Waals surface area contributed by atoms with Crippen molar-refractivity contribution in [2.75, 3.05) is 6.61 Å². The molecular formula is C20H40O3. The third kappa shape index (κ3) is 16.2. The number of rotatable bonds is 18. The lowest BCUT2D eigenvalue weighted by atomic mass is 10.0. The van der Waals surface area contributed by atoms with Crippen molar-refractivity contribution in [1.82, 2.24) is 0 Å². The van der Waals surface area contributed by atoms with Crippen molar-refractivity contribution in [3.63, 3.8) is 0 Å². The predicted octanol–water partition coefficient (Wildman–Crippen LogP) is 5.17. The number of aliphatic hydroxyl groups is 2. The molecule has 0 aromatic rings. The molecule has 0 radical (unpaired) electrons. The van der Waals surface area contributed by atoms with E-state index in [-0.39, 0.29) is 0 Å². The van der Waals surface area contributed by atoms with Crippen molar-refractivity contribution < 1.29 is 15.0 Å². The quantitative estimate of drug-likeness (QED) is 0.341. The maximum absolute atomic E-state index is 11.0. The number of aliphatic hydroxyl groups excluding tert-OH is 2. The summed E-state index contributed by atoms with van der Waals surface area (Å²) in [6.07, 6.45) is 19.2. The Hall–Kier alpha value is -0.410. The minimum Gasteiger partial charge on any atom is -0.388 e. The second-order valence-corrected chi connectivity index (χ2v) is 6.88. The van der Waals surface area contributed by atoms with Gasteiger partial charge in [-0.05, 0) is 6.42 Å². The highest BCUT2D eigenvalue weighted by Gasteiger charge is 2.12. The lowest BCUT2D eigenvalue weighted by Crippen LogP contribution is -2.23. The van der Waals surface area contributed by atoms with Crippen LogP contribution in [0.2, 0.25) is 0 Å². The molecule has 0 amide bonds. The van der Waals surface area contributed by atoms with Crippen LogP contribution in [-0.2, 0) is 4.79 Å². The summed E-state index contributed by atoms with van der Waals surface area (Å²) >= 11 is 0. The highest BCUT2D eigenvalue weighted by Crippen LogP contribution is 2.14. The Labute approximate surface area is 143 Å². The maximum Gasteiger partial charge on any atom is 0.186 e.